The predicted octanol–water partition coefficient (Wildman–Crippen LogP) is 2.42. The molecule has 1 heterocycles. The summed E-state index contributed by atoms with van der Waals surface area (Å²) in [6.07, 6.45) is 4.60. The van der Waals surface area contributed by atoms with Gasteiger partial charge in [-0.05, 0) is 24.8 Å². The van der Waals surface area contributed by atoms with E-state index in [9.17, 15) is 4.79 Å². The van der Waals surface area contributed by atoms with E-state index in [0.29, 0.717) is 5.92 Å². The summed E-state index contributed by atoms with van der Waals surface area (Å²) in [6.45, 7) is 4.09. The van der Waals surface area contributed by atoms with Gasteiger partial charge in [0.1, 0.15) is 0 Å². The van der Waals surface area contributed by atoms with E-state index in [4.69, 9.17) is 5.11 Å². The van der Waals surface area contributed by atoms with Gasteiger partial charge in [0.25, 0.3) is 0 Å². The van der Waals surface area contributed by atoms with Crippen molar-refractivity contribution in [2.45, 2.75) is 51.6 Å². The largest absolute Gasteiger partial charge is 0.393 e. The average molecular weight is 223 g/mol. The Hall–Kier alpha value is -1.09. The van der Waals surface area contributed by atoms with Gasteiger partial charge < -0.3 is 10.1 Å². The molecule has 90 valence electrons. The maximum Gasteiger partial charge on any atom is 0.248 e. The molecule has 1 aromatic heterocycles. The lowest BCUT2D eigenvalue weighted by Crippen LogP contribution is -2.06. The minimum absolute atomic E-state index is 0.0220. The lowest BCUT2D eigenvalue weighted by molar-refractivity contribution is 0.183. The number of hydrogen-bond donors (Lipinski definition) is 2. The van der Waals surface area contributed by atoms with Gasteiger partial charge in [-0.25, -0.2) is 0 Å². The summed E-state index contributed by atoms with van der Waals surface area (Å²) in [5.41, 5.74) is 0.971. The van der Waals surface area contributed by atoms with Gasteiger partial charge in [-0.3, -0.25) is 4.79 Å². The number of rotatable bonds is 1. The van der Waals surface area contributed by atoms with Crippen LogP contribution in [-0.2, 0) is 0 Å². The zero-order valence-electron chi connectivity index (χ0n) is 10.1. The van der Waals surface area contributed by atoms with Crippen LogP contribution in [0.5, 0.6) is 0 Å². The Balaban J connectivity index is 0.000000181. The minimum atomic E-state index is -0.0220. The fourth-order valence-corrected chi connectivity index (χ4v) is 1.71. The van der Waals surface area contributed by atoms with Crippen molar-refractivity contribution >= 4 is 0 Å². The van der Waals surface area contributed by atoms with Gasteiger partial charge in [-0.1, -0.05) is 32.8 Å². The number of aliphatic hydroxyl groups excluding tert-OH is 1. The van der Waals surface area contributed by atoms with Crippen LogP contribution < -0.4 is 5.56 Å². The Labute approximate surface area is 96.5 Å². The lowest BCUT2D eigenvalue weighted by Gasteiger charge is -2.01. The molecule has 1 aromatic rings. The number of H-pyrrole nitrogens is 1. The number of aromatic nitrogens is 1. The number of pyridine rings is 1. The summed E-state index contributed by atoms with van der Waals surface area (Å²) in [4.78, 5) is 13.5. The number of nitrogens with one attached hydrogen (secondary N) is 1. The van der Waals surface area contributed by atoms with E-state index in [2.05, 4.69) is 4.98 Å². The molecule has 0 amide bonds. The molecule has 0 unspecified atom stereocenters. The van der Waals surface area contributed by atoms with E-state index in [1.54, 1.807) is 6.07 Å². The van der Waals surface area contributed by atoms with Crippen LogP contribution in [0.15, 0.2) is 23.0 Å². The summed E-state index contributed by atoms with van der Waals surface area (Å²) < 4.78 is 0. The van der Waals surface area contributed by atoms with Crippen molar-refractivity contribution < 1.29 is 5.11 Å². The average Bonchev–Trinajstić information content (AvgIpc) is 2.70. The molecule has 1 saturated carbocycles. The number of aliphatic hydroxyl groups is 1. The molecule has 2 N–H and O–H groups in total. The van der Waals surface area contributed by atoms with Crippen LogP contribution in [0.1, 0.15) is 51.1 Å². The normalized spacial score (nSPS) is 16.0. The first-order valence-electron chi connectivity index (χ1n) is 5.97. The Morgan fingerprint density at radius 2 is 1.94 bits per heavy atom. The summed E-state index contributed by atoms with van der Waals surface area (Å²) in [5, 5.41) is 8.73. The molecule has 0 radical (unpaired) electrons. The van der Waals surface area contributed by atoms with Gasteiger partial charge in [-0.2, -0.15) is 0 Å². The molecule has 0 atom stereocenters. The van der Waals surface area contributed by atoms with Crippen LogP contribution >= 0.6 is 0 Å². The molecule has 0 saturated heterocycles. The van der Waals surface area contributed by atoms with Crippen molar-refractivity contribution in [3.63, 3.8) is 0 Å². The third-order valence-corrected chi connectivity index (χ3v) is 2.74. The van der Waals surface area contributed by atoms with E-state index in [1.807, 2.05) is 19.9 Å². The SMILES string of the molecule is CC(C)c1cccc(=O)[nH]1.OC1CCCC1. The standard InChI is InChI=1S/C8H11NO.C5H10O/c1-6(2)7-4-3-5-8(10)9-7;6-5-3-1-2-4-5/h3-6H,1-2H3,(H,9,10);5-6H,1-4H2. The van der Waals surface area contributed by atoms with Gasteiger partial charge in [0.15, 0.2) is 0 Å². The fourth-order valence-electron chi connectivity index (χ4n) is 1.71. The van der Waals surface area contributed by atoms with Crippen molar-refractivity contribution in [3.8, 4) is 0 Å². The van der Waals surface area contributed by atoms with Gasteiger partial charge >= 0.3 is 0 Å². The van der Waals surface area contributed by atoms with Crippen LogP contribution in [-0.4, -0.2) is 16.2 Å². The zero-order chi connectivity index (χ0) is 12.0. The van der Waals surface area contributed by atoms with E-state index in [0.717, 1.165) is 18.5 Å². The van der Waals surface area contributed by atoms with Crippen molar-refractivity contribution in [2.75, 3.05) is 0 Å². The van der Waals surface area contributed by atoms with Crippen molar-refractivity contribution in [1.82, 2.24) is 4.98 Å². The number of hydrogen-bond acceptors (Lipinski definition) is 2. The molecule has 0 spiro atoms. The molecule has 16 heavy (non-hydrogen) atoms. The minimum Gasteiger partial charge on any atom is -0.393 e. The van der Waals surface area contributed by atoms with Crippen LogP contribution in [0.4, 0.5) is 0 Å². The first kappa shape index (κ1) is 13.0. The van der Waals surface area contributed by atoms with E-state index in [-0.39, 0.29) is 11.7 Å². The highest BCUT2D eigenvalue weighted by atomic mass is 16.3. The third-order valence-electron chi connectivity index (χ3n) is 2.74. The van der Waals surface area contributed by atoms with Gasteiger partial charge in [-0.15, -0.1) is 0 Å². The fraction of sp³-hybridized carbons (Fsp3) is 0.615. The molecule has 2 rings (SSSR count). The monoisotopic (exact) mass is 223 g/mol. The topological polar surface area (TPSA) is 53.1 Å². The zero-order valence-corrected chi connectivity index (χ0v) is 10.1. The molecule has 0 aromatic carbocycles. The summed E-state index contributed by atoms with van der Waals surface area (Å²) in [5.74, 6) is 0.397. The second-order valence-corrected chi connectivity index (χ2v) is 4.56. The molecule has 1 aliphatic carbocycles. The second kappa shape index (κ2) is 6.48. The van der Waals surface area contributed by atoms with Crippen molar-refractivity contribution in [1.29, 1.82) is 0 Å². The van der Waals surface area contributed by atoms with Gasteiger partial charge in [0.05, 0.1) is 6.10 Å². The molecule has 0 bridgehead atoms. The molecule has 1 aliphatic rings. The molecule has 1 fully saturated rings. The smallest absolute Gasteiger partial charge is 0.248 e. The summed E-state index contributed by atoms with van der Waals surface area (Å²) in [6, 6.07) is 5.21. The Bertz CT molecular complexity index is 351. The third kappa shape index (κ3) is 4.62. The number of aromatic amines is 1. The molecule has 0 aliphatic heterocycles. The Kier molecular flexibility index (Phi) is 5.26. The van der Waals surface area contributed by atoms with E-state index in [1.165, 1.54) is 18.9 Å². The maximum atomic E-state index is 10.7. The Morgan fingerprint density at radius 1 is 1.31 bits per heavy atom. The summed E-state index contributed by atoms with van der Waals surface area (Å²) >= 11 is 0. The van der Waals surface area contributed by atoms with Crippen LogP contribution in [0.2, 0.25) is 0 Å². The van der Waals surface area contributed by atoms with Gasteiger partial charge in [0.2, 0.25) is 5.56 Å². The van der Waals surface area contributed by atoms with Crippen molar-refractivity contribution in [2.24, 2.45) is 0 Å². The first-order chi connectivity index (χ1) is 7.59. The highest BCUT2D eigenvalue weighted by Crippen LogP contribution is 2.16. The van der Waals surface area contributed by atoms with E-state index >= 15 is 0 Å². The quantitative estimate of drug-likeness (QED) is 0.768. The Morgan fingerprint density at radius 3 is 2.25 bits per heavy atom. The lowest BCUT2D eigenvalue weighted by atomic mass is 10.1. The first-order valence-corrected chi connectivity index (χ1v) is 5.97. The van der Waals surface area contributed by atoms with Crippen LogP contribution in [0.25, 0.3) is 0 Å². The van der Waals surface area contributed by atoms with Crippen LogP contribution in [0.3, 0.4) is 0 Å². The maximum absolute atomic E-state index is 10.7. The summed E-state index contributed by atoms with van der Waals surface area (Å²) in [7, 11) is 0. The molecular formula is C13H21NO2. The van der Waals surface area contributed by atoms with Crippen molar-refractivity contribution in [3.05, 3.63) is 34.2 Å². The molecule has 3 heteroatoms. The van der Waals surface area contributed by atoms with Crippen LogP contribution in [0, 0.1) is 0 Å². The molecular weight excluding hydrogens is 202 g/mol. The van der Waals surface area contributed by atoms with E-state index < -0.39 is 0 Å². The van der Waals surface area contributed by atoms with Gasteiger partial charge in [0, 0.05) is 11.8 Å². The molecule has 3 nitrogen and oxygen atoms in total. The second-order valence-electron chi connectivity index (χ2n) is 4.56. The predicted molar refractivity (Wildman–Crippen MR) is 65.6 cm³/mol. The highest BCUT2D eigenvalue weighted by molar-refractivity contribution is 5.07. The highest BCUT2D eigenvalue weighted by Gasteiger charge is 2.09.